The van der Waals surface area contributed by atoms with Crippen LogP contribution in [0.5, 0.6) is 5.75 Å². The van der Waals surface area contributed by atoms with Crippen molar-refractivity contribution >= 4 is 29.2 Å². The smallest absolute Gasteiger partial charge is 0.339 e. The molecule has 6 nitrogen and oxygen atoms in total. The Balaban J connectivity index is 1.93. The maximum absolute atomic E-state index is 12.7. The summed E-state index contributed by atoms with van der Waals surface area (Å²) >= 11 is 12.0. The van der Waals surface area contributed by atoms with Crippen molar-refractivity contribution < 1.29 is 14.6 Å². The van der Waals surface area contributed by atoms with Crippen LogP contribution in [-0.4, -0.2) is 25.8 Å². The maximum Gasteiger partial charge on any atom is 0.339 e. The Morgan fingerprint density at radius 3 is 2.56 bits per heavy atom. The van der Waals surface area contributed by atoms with Crippen molar-refractivity contribution in [1.29, 1.82) is 0 Å². The van der Waals surface area contributed by atoms with Crippen molar-refractivity contribution in [2.24, 2.45) is 0 Å². The first kappa shape index (κ1) is 17.4. The minimum Gasteiger partial charge on any atom is -0.425 e. The van der Waals surface area contributed by atoms with E-state index in [1.807, 2.05) is 0 Å². The van der Waals surface area contributed by atoms with Gasteiger partial charge in [0, 0.05) is 15.6 Å². The van der Waals surface area contributed by atoms with Crippen LogP contribution in [0.15, 0.2) is 61.2 Å². The second kappa shape index (κ2) is 7.65. The summed E-state index contributed by atoms with van der Waals surface area (Å²) in [6.07, 6.45) is 1.28. The van der Waals surface area contributed by atoms with Crippen molar-refractivity contribution in [2.45, 2.75) is 12.1 Å². The lowest BCUT2D eigenvalue weighted by atomic mass is 10.0. The van der Waals surface area contributed by atoms with Gasteiger partial charge >= 0.3 is 5.97 Å². The van der Waals surface area contributed by atoms with Gasteiger partial charge in [0.1, 0.15) is 24.5 Å². The lowest BCUT2D eigenvalue weighted by Gasteiger charge is -2.22. The molecule has 2 unspecified atom stereocenters. The summed E-state index contributed by atoms with van der Waals surface area (Å²) in [5.41, 5.74) is 0.330. The fourth-order valence-corrected chi connectivity index (χ4v) is 2.84. The van der Waals surface area contributed by atoms with E-state index >= 15 is 0 Å². The number of carbonyl (C=O) groups excluding carboxylic acids is 1. The fraction of sp³-hybridized carbons (Fsp3) is 0.118. The third kappa shape index (κ3) is 3.99. The first-order chi connectivity index (χ1) is 12.1. The molecule has 0 aliphatic carbocycles. The van der Waals surface area contributed by atoms with Crippen LogP contribution in [-0.2, 0) is 4.79 Å². The number of rotatable bonds is 5. The lowest BCUT2D eigenvalue weighted by Crippen LogP contribution is -2.30. The number of aliphatic hydroxyl groups excluding tert-OH is 1. The van der Waals surface area contributed by atoms with Crippen molar-refractivity contribution in [3.05, 3.63) is 76.8 Å². The van der Waals surface area contributed by atoms with E-state index in [1.54, 1.807) is 42.5 Å². The van der Waals surface area contributed by atoms with Gasteiger partial charge in [0.2, 0.25) is 0 Å². The predicted molar refractivity (Wildman–Crippen MR) is 92.6 cm³/mol. The predicted octanol–water partition coefficient (Wildman–Crippen LogP) is 3.47. The highest BCUT2D eigenvalue weighted by molar-refractivity contribution is 6.35. The molecular formula is C17H13Cl2N3O3. The maximum atomic E-state index is 12.7. The van der Waals surface area contributed by atoms with Gasteiger partial charge in [-0.1, -0.05) is 47.5 Å². The molecule has 0 saturated heterocycles. The number of para-hydroxylation sites is 1. The van der Waals surface area contributed by atoms with Crippen LogP contribution in [0.4, 0.5) is 0 Å². The largest absolute Gasteiger partial charge is 0.425 e. The van der Waals surface area contributed by atoms with Gasteiger partial charge in [-0.3, -0.25) is 0 Å². The topological polar surface area (TPSA) is 77.2 Å². The van der Waals surface area contributed by atoms with Crippen LogP contribution in [0.3, 0.4) is 0 Å². The summed E-state index contributed by atoms with van der Waals surface area (Å²) in [4.78, 5) is 16.5. The summed E-state index contributed by atoms with van der Waals surface area (Å²) in [7, 11) is 0. The number of hydrogen-bond donors (Lipinski definition) is 1. The monoisotopic (exact) mass is 377 g/mol. The third-order valence-corrected chi connectivity index (χ3v) is 4.07. The Morgan fingerprint density at radius 1 is 1.16 bits per heavy atom. The van der Waals surface area contributed by atoms with Crippen molar-refractivity contribution in [3.63, 3.8) is 0 Å². The molecule has 1 heterocycles. The molecule has 1 aromatic heterocycles. The average molecular weight is 378 g/mol. The summed E-state index contributed by atoms with van der Waals surface area (Å²) < 4.78 is 6.57. The van der Waals surface area contributed by atoms with Crippen molar-refractivity contribution in [3.8, 4) is 5.75 Å². The molecule has 3 rings (SSSR count). The van der Waals surface area contributed by atoms with Gasteiger partial charge in [0.25, 0.3) is 0 Å². The Labute approximate surface area is 153 Å². The second-order valence-electron chi connectivity index (χ2n) is 5.17. The molecule has 2 atom stereocenters. The molecule has 0 spiro atoms. The number of hydrogen-bond acceptors (Lipinski definition) is 5. The van der Waals surface area contributed by atoms with Gasteiger partial charge < -0.3 is 9.84 Å². The number of aliphatic hydroxyl groups is 1. The second-order valence-corrected chi connectivity index (χ2v) is 6.01. The molecule has 1 N–H and O–H groups in total. The first-order valence-corrected chi connectivity index (χ1v) is 8.05. The van der Waals surface area contributed by atoms with E-state index in [0.717, 1.165) is 0 Å². The van der Waals surface area contributed by atoms with E-state index in [9.17, 15) is 9.90 Å². The highest BCUT2D eigenvalue weighted by Gasteiger charge is 2.33. The van der Waals surface area contributed by atoms with Crippen LogP contribution in [0.2, 0.25) is 10.0 Å². The molecule has 8 heteroatoms. The van der Waals surface area contributed by atoms with Crippen molar-refractivity contribution in [1.82, 2.24) is 14.8 Å². The van der Waals surface area contributed by atoms with Gasteiger partial charge in [0.05, 0.1) is 0 Å². The van der Waals surface area contributed by atoms with E-state index in [0.29, 0.717) is 16.3 Å². The SMILES string of the molecule is O=C(Oc1ccccc1)C(C(O)c1ccc(Cl)cc1Cl)n1cncn1. The van der Waals surface area contributed by atoms with Gasteiger partial charge in [-0.2, -0.15) is 5.10 Å². The summed E-state index contributed by atoms with van der Waals surface area (Å²) in [6, 6.07) is 12.0. The van der Waals surface area contributed by atoms with Crippen LogP contribution < -0.4 is 4.74 Å². The normalized spacial score (nSPS) is 13.2. The minimum absolute atomic E-state index is 0.234. The van der Waals surface area contributed by atoms with Gasteiger partial charge in [-0.25, -0.2) is 14.5 Å². The average Bonchev–Trinajstić information content (AvgIpc) is 3.10. The van der Waals surface area contributed by atoms with Gasteiger partial charge in [-0.15, -0.1) is 0 Å². The van der Waals surface area contributed by atoms with Crippen molar-refractivity contribution in [2.75, 3.05) is 0 Å². The van der Waals surface area contributed by atoms with Crippen LogP contribution in [0.25, 0.3) is 0 Å². The number of carbonyl (C=O) groups is 1. The number of benzene rings is 2. The molecule has 0 radical (unpaired) electrons. The zero-order valence-electron chi connectivity index (χ0n) is 12.8. The van der Waals surface area contributed by atoms with E-state index in [1.165, 1.54) is 23.4 Å². The van der Waals surface area contributed by atoms with Crippen LogP contribution in [0.1, 0.15) is 17.7 Å². The Kier molecular flexibility index (Phi) is 5.33. The summed E-state index contributed by atoms with van der Waals surface area (Å²) in [5, 5.41) is 15.4. The van der Waals surface area contributed by atoms with E-state index in [2.05, 4.69) is 10.1 Å². The number of aromatic nitrogens is 3. The van der Waals surface area contributed by atoms with Crippen LogP contribution in [0, 0.1) is 0 Å². The standard InChI is InChI=1S/C17H13Cl2N3O3/c18-11-6-7-13(14(19)8-11)16(23)15(22-10-20-9-21-22)17(24)25-12-4-2-1-3-5-12/h1-10,15-16,23H. The summed E-state index contributed by atoms with van der Waals surface area (Å²) in [6.45, 7) is 0. The number of halogens is 2. The quantitative estimate of drug-likeness (QED) is 0.544. The first-order valence-electron chi connectivity index (χ1n) is 7.30. The lowest BCUT2D eigenvalue weighted by molar-refractivity contribution is -0.142. The van der Waals surface area contributed by atoms with Gasteiger partial charge in [-0.05, 0) is 24.3 Å². The molecular weight excluding hydrogens is 365 g/mol. The molecule has 25 heavy (non-hydrogen) atoms. The van der Waals surface area contributed by atoms with Crippen LogP contribution >= 0.6 is 23.2 Å². The fourth-order valence-electron chi connectivity index (χ4n) is 2.32. The third-order valence-electron chi connectivity index (χ3n) is 3.50. The molecule has 0 aliphatic rings. The molecule has 128 valence electrons. The molecule has 0 bridgehead atoms. The molecule has 2 aromatic carbocycles. The zero-order chi connectivity index (χ0) is 17.8. The van der Waals surface area contributed by atoms with E-state index in [4.69, 9.17) is 27.9 Å². The molecule has 0 saturated carbocycles. The number of ether oxygens (including phenoxy) is 1. The molecule has 3 aromatic rings. The van der Waals surface area contributed by atoms with E-state index < -0.39 is 18.1 Å². The molecule has 0 aliphatic heterocycles. The Hall–Kier alpha value is -2.41. The Bertz CT molecular complexity index is 857. The zero-order valence-corrected chi connectivity index (χ0v) is 14.3. The number of nitrogens with zero attached hydrogens (tertiary/aromatic N) is 3. The van der Waals surface area contributed by atoms with E-state index in [-0.39, 0.29) is 5.02 Å². The Morgan fingerprint density at radius 2 is 1.92 bits per heavy atom. The number of esters is 1. The highest BCUT2D eigenvalue weighted by Crippen LogP contribution is 2.33. The minimum atomic E-state index is -1.30. The molecule has 0 amide bonds. The van der Waals surface area contributed by atoms with Gasteiger partial charge in [0.15, 0.2) is 6.04 Å². The molecule has 0 fully saturated rings. The summed E-state index contributed by atoms with van der Waals surface area (Å²) in [5.74, 6) is -0.345. The highest BCUT2D eigenvalue weighted by atomic mass is 35.5.